The Labute approximate surface area is 146 Å². The van der Waals surface area contributed by atoms with Crippen molar-refractivity contribution in [1.29, 1.82) is 0 Å². The van der Waals surface area contributed by atoms with Gasteiger partial charge in [-0.1, -0.05) is 6.07 Å². The van der Waals surface area contributed by atoms with Crippen LogP contribution < -0.4 is 19.5 Å². The Morgan fingerprint density at radius 3 is 2.62 bits per heavy atom. The van der Waals surface area contributed by atoms with Crippen molar-refractivity contribution in [3.63, 3.8) is 0 Å². The van der Waals surface area contributed by atoms with Gasteiger partial charge in [-0.2, -0.15) is 0 Å². The van der Waals surface area contributed by atoms with Crippen LogP contribution in [0.1, 0.15) is 5.56 Å². The minimum Gasteiger partial charge on any atom is -0.494 e. The van der Waals surface area contributed by atoms with Crippen LogP contribution in [0.5, 0.6) is 17.2 Å². The Hall–Kier alpha value is -2.28. The first-order valence-corrected chi connectivity index (χ1v) is 8.07. The normalized spacial score (nSPS) is 12.6. The average molecular weight is 396 g/mol. The summed E-state index contributed by atoms with van der Waals surface area (Å²) in [5.74, 6) is 0.590. The molecular weight excluding hydrogens is 381 g/mol. The first kappa shape index (κ1) is 16.6. The summed E-state index contributed by atoms with van der Waals surface area (Å²) in [6.45, 7) is 0.960. The third-order valence-corrected chi connectivity index (χ3v) is 4.14. The van der Waals surface area contributed by atoms with E-state index in [1.807, 2.05) is 0 Å². The molecule has 0 radical (unpaired) electrons. The molecular formula is C17H15BrFNO4. The Morgan fingerprint density at radius 1 is 1.25 bits per heavy atom. The van der Waals surface area contributed by atoms with Gasteiger partial charge < -0.3 is 19.5 Å². The highest BCUT2D eigenvalue weighted by Gasteiger charge is 2.16. The monoisotopic (exact) mass is 395 g/mol. The average Bonchev–Trinajstić information content (AvgIpc) is 2.55. The number of fused-ring (bicyclic) bond motifs is 1. The number of carbonyl (C=O) groups is 1. The zero-order chi connectivity index (χ0) is 17.1. The molecule has 0 spiro atoms. The summed E-state index contributed by atoms with van der Waals surface area (Å²) in [7, 11) is 1.39. The third kappa shape index (κ3) is 3.62. The van der Waals surface area contributed by atoms with Crippen LogP contribution in [-0.4, -0.2) is 26.2 Å². The molecule has 1 aliphatic heterocycles. The minimum absolute atomic E-state index is 0.0434. The highest BCUT2D eigenvalue weighted by molar-refractivity contribution is 9.10. The molecule has 0 saturated heterocycles. The van der Waals surface area contributed by atoms with Crippen LogP contribution in [-0.2, 0) is 11.2 Å². The van der Waals surface area contributed by atoms with Gasteiger partial charge >= 0.3 is 0 Å². The van der Waals surface area contributed by atoms with Crippen LogP contribution in [0.25, 0.3) is 0 Å². The van der Waals surface area contributed by atoms with Crippen LogP contribution in [0.2, 0.25) is 0 Å². The number of methoxy groups -OCH3 is 1. The number of hydrogen-bond donors (Lipinski definition) is 1. The Kier molecular flexibility index (Phi) is 4.89. The third-order valence-electron chi connectivity index (χ3n) is 3.49. The van der Waals surface area contributed by atoms with Gasteiger partial charge in [0.1, 0.15) is 13.2 Å². The van der Waals surface area contributed by atoms with E-state index in [9.17, 15) is 9.18 Å². The van der Waals surface area contributed by atoms with Gasteiger partial charge in [0.05, 0.1) is 19.2 Å². The fourth-order valence-electron chi connectivity index (χ4n) is 2.36. The Bertz CT molecular complexity index is 781. The molecule has 126 valence electrons. The summed E-state index contributed by atoms with van der Waals surface area (Å²) >= 11 is 3.39. The van der Waals surface area contributed by atoms with Gasteiger partial charge in [0, 0.05) is 16.6 Å². The molecule has 0 aliphatic carbocycles. The highest BCUT2D eigenvalue weighted by Crippen LogP contribution is 2.38. The number of carbonyl (C=O) groups excluding carboxylic acids is 1. The second kappa shape index (κ2) is 7.09. The van der Waals surface area contributed by atoms with E-state index in [0.29, 0.717) is 40.4 Å². The molecule has 2 aromatic rings. The molecule has 24 heavy (non-hydrogen) atoms. The standard InChI is InChI=1S/C17H15BrFNO4/c1-22-14-3-2-10(6-12(14)19)7-17(21)20-13-9-16-15(8-11(13)18)23-4-5-24-16/h2-3,6,8-9H,4-5,7H2,1H3,(H,20,21). The predicted molar refractivity (Wildman–Crippen MR) is 90.4 cm³/mol. The lowest BCUT2D eigenvalue weighted by molar-refractivity contribution is -0.115. The lowest BCUT2D eigenvalue weighted by Crippen LogP contribution is -2.17. The topological polar surface area (TPSA) is 56.8 Å². The Morgan fingerprint density at radius 2 is 1.96 bits per heavy atom. The highest BCUT2D eigenvalue weighted by atomic mass is 79.9. The van der Waals surface area contributed by atoms with Crippen molar-refractivity contribution >= 4 is 27.5 Å². The second-order valence-electron chi connectivity index (χ2n) is 5.17. The SMILES string of the molecule is COc1ccc(CC(=O)Nc2cc3c(cc2Br)OCCO3)cc1F. The van der Waals surface area contributed by atoms with E-state index in [0.717, 1.165) is 0 Å². The lowest BCUT2D eigenvalue weighted by Gasteiger charge is -2.20. The molecule has 7 heteroatoms. The number of nitrogens with one attached hydrogen (secondary N) is 1. The summed E-state index contributed by atoms with van der Waals surface area (Å²) < 4.78 is 30.2. The molecule has 2 aromatic carbocycles. The molecule has 1 heterocycles. The lowest BCUT2D eigenvalue weighted by atomic mass is 10.1. The van der Waals surface area contributed by atoms with Crippen molar-refractivity contribution < 1.29 is 23.4 Å². The largest absolute Gasteiger partial charge is 0.494 e. The number of hydrogen-bond acceptors (Lipinski definition) is 4. The van der Waals surface area contributed by atoms with Crippen molar-refractivity contribution in [3.05, 3.63) is 46.2 Å². The maximum Gasteiger partial charge on any atom is 0.228 e. The Balaban J connectivity index is 1.72. The van der Waals surface area contributed by atoms with Crippen molar-refractivity contribution in [1.82, 2.24) is 0 Å². The fourth-order valence-corrected chi connectivity index (χ4v) is 2.78. The number of ether oxygens (including phenoxy) is 3. The maximum atomic E-state index is 13.7. The van der Waals surface area contributed by atoms with E-state index in [1.54, 1.807) is 18.2 Å². The van der Waals surface area contributed by atoms with Gasteiger partial charge in [-0.15, -0.1) is 0 Å². The van der Waals surface area contributed by atoms with E-state index >= 15 is 0 Å². The first-order chi connectivity index (χ1) is 11.6. The molecule has 0 aromatic heterocycles. The van der Waals surface area contributed by atoms with Gasteiger partial charge in [0.2, 0.25) is 5.91 Å². The molecule has 0 unspecified atom stereocenters. The van der Waals surface area contributed by atoms with E-state index in [-0.39, 0.29) is 18.1 Å². The quantitative estimate of drug-likeness (QED) is 0.859. The van der Waals surface area contributed by atoms with Crippen LogP contribution in [0.15, 0.2) is 34.8 Å². The predicted octanol–water partition coefficient (Wildman–Crippen LogP) is 3.55. The van der Waals surface area contributed by atoms with Crippen molar-refractivity contribution in [2.75, 3.05) is 25.6 Å². The molecule has 1 aliphatic rings. The fraction of sp³-hybridized carbons (Fsp3) is 0.235. The summed E-state index contributed by atoms with van der Waals surface area (Å²) in [6, 6.07) is 7.89. The van der Waals surface area contributed by atoms with E-state index < -0.39 is 5.82 Å². The van der Waals surface area contributed by atoms with Crippen LogP contribution in [0, 0.1) is 5.82 Å². The molecule has 1 amide bonds. The number of halogens is 2. The molecule has 0 fully saturated rings. The van der Waals surface area contributed by atoms with Gasteiger partial charge in [-0.05, 0) is 33.6 Å². The summed E-state index contributed by atoms with van der Waals surface area (Å²) in [5, 5.41) is 2.78. The number of benzene rings is 2. The van der Waals surface area contributed by atoms with E-state index in [2.05, 4.69) is 21.2 Å². The van der Waals surface area contributed by atoms with Crippen LogP contribution in [0.4, 0.5) is 10.1 Å². The van der Waals surface area contributed by atoms with Gasteiger partial charge in [0.15, 0.2) is 23.1 Å². The van der Waals surface area contributed by atoms with E-state index in [1.165, 1.54) is 19.2 Å². The van der Waals surface area contributed by atoms with E-state index in [4.69, 9.17) is 14.2 Å². The molecule has 0 saturated carbocycles. The molecule has 5 nitrogen and oxygen atoms in total. The van der Waals surface area contributed by atoms with Crippen LogP contribution in [0.3, 0.4) is 0 Å². The van der Waals surface area contributed by atoms with Crippen molar-refractivity contribution in [2.24, 2.45) is 0 Å². The summed E-state index contributed by atoms with van der Waals surface area (Å²) in [4.78, 5) is 12.2. The summed E-state index contributed by atoms with van der Waals surface area (Å²) in [5.41, 5.74) is 1.12. The van der Waals surface area contributed by atoms with Crippen molar-refractivity contribution in [2.45, 2.75) is 6.42 Å². The second-order valence-corrected chi connectivity index (χ2v) is 6.02. The van der Waals surface area contributed by atoms with Crippen LogP contribution >= 0.6 is 15.9 Å². The molecule has 0 atom stereocenters. The minimum atomic E-state index is -0.497. The smallest absolute Gasteiger partial charge is 0.228 e. The summed E-state index contributed by atoms with van der Waals surface area (Å²) in [6.07, 6.45) is 0.0434. The number of rotatable bonds is 4. The number of amides is 1. The van der Waals surface area contributed by atoms with Gasteiger partial charge in [-0.25, -0.2) is 4.39 Å². The zero-order valence-corrected chi connectivity index (χ0v) is 14.5. The zero-order valence-electron chi connectivity index (χ0n) is 12.9. The molecule has 1 N–H and O–H groups in total. The molecule has 0 bridgehead atoms. The first-order valence-electron chi connectivity index (χ1n) is 7.28. The van der Waals surface area contributed by atoms with Gasteiger partial charge in [0.25, 0.3) is 0 Å². The number of anilines is 1. The maximum absolute atomic E-state index is 13.7. The molecule has 3 rings (SSSR count). The van der Waals surface area contributed by atoms with Gasteiger partial charge in [-0.3, -0.25) is 4.79 Å². The van der Waals surface area contributed by atoms with Crippen molar-refractivity contribution in [3.8, 4) is 17.2 Å².